The molecule has 6 nitrogen and oxygen atoms in total. The normalized spacial score (nSPS) is 13.3. The summed E-state index contributed by atoms with van der Waals surface area (Å²) in [5.41, 5.74) is 0. The van der Waals surface area contributed by atoms with Crippen LogP contribution in [0.2, 0.25) is 0 Å². The van der Waals surface area contributed by atoms with Crippen molar-refractivity contribution in [2.24, 2.45) is 0 Å². The van der Waals surface area contributed by atoms with Crippen molar-refractivity contribution in [1.29, 1.82) is 0 Å². The minimum atomic E-state index is -0.811. The summed E-state index contributed by atoms with van der Waals surface area (Å²) in [6.45, 7) is 6.25. The summed E-state index contributed by atoms with van der Waals surface area (Å²) in [5.74, 6) is -0.962. The molecule has 0 aliphatic rings. The Balaban J connectivity index is 4.43. The van der Waals surface area contributed by atoms with Crippen molar-refractivity contribution in [3.05, 3.63) is 170 Å². The Morgan fingerprint density at radius 3 is 0.704 bits per heavy atom. The smallest absolute Gasteiger partial charge is 0.306 e. The monoisotopic (exact) mass is 1110 g/mol. The Labute approximate surface area is 498 Å². The molecule has 81 heavy (non-hydrogen) atoms. The SMILES string of the molecule is CC/C=C\C/C=C\C/C=C\C/C=C\C/C=C\C/C=C\C/C=C\CCCCCCCC(=O)OCC(COC(=O)CCCCC/C=C\C/C=C\C/C=C\CC)OC(=O)CCCCCCCCCCCC/C=C\C/C=C\C/C=C\C/C=C\CC. The summed E-state index contributed by atoms with van der Waals surface area (Å²) in [5, 5.41) is 0. The second-order valence-electron chi connectivity index (χ2n) is 20.9. The maximum Gasteiger partial charge on any atom is 0.306 e. The third-order valence-corrected chi connectivity index (χ3v) is 13.2. The van der Waals surface area contributed by atoms with Crippen LogP contribution in [0.5, 0.6) is 0 Å². The molecule has 0 aromatic rings. The average molecular weight is 1120 g/mol. The molecule has 454 valence electrons. The fourth-order valence-electron chi connectivity index (χ4n) is 8.43. The van der Waals surface area contributed by atoms with E-state index in [1.54, 1.807) is 0 Å². The van der Waals surface area contributed by atoms with E-state index < -0.39 is 6.10 Å². The molecule has 0 radical (unpaired) electrons. The highest BCUT2D eigenvalue weighted by Gasteiger charge is 2.19. The molecule has 0 aliphatic carbocycles. The zero-order chi connectivity index (χ0) is 58.5. The molecule has 0 aromatic heterocycles. The number of esters is 3. The fraction of sp³-hybridized carbons (Fsp3) is 0.587. The van der Waals surface area contributed by atoms with Crippen molar-refractivity contribution in [3.8, 4) is 0 Å². The van der Waals surface area contributed by atoms with Crippen LogP contribution in [-0.4, -0.2) is 37.2 Å². The average Bonchev–Trinajstić information content (AvgIpc) is 3.46. The zero-order valence-corrected chi connectivity index (χ0v) is 52.0. The van der Waals surface area contributed by atoms with Crippen LogP contribution in [0.15, 0.2) is 170 Å². The molecule has 1 unspecified atom stereocenters. The van der Waals surface area contributed by atoms with Crippen LogP contribution in [0.25, 0.3) is 0 Å². The van der Waals surface area contributed by atoms with Gasteiger partial charge in [0.25, 0.3) is 0 Å². The number of hydrogen-bond donors (Lipinski definition) is 0. The van der Waals surface area contributed by atoms with Crippen molar-refractivity contribution in [2.45, 2.75) is 271 Å². The van der Waals surface area contributed by atoms with E-state index in [0.29, 0.717) is 19.3 Å². The number of ether oxygens (including phenoxy) is 3. The highest BCUT2D eigenvalue weighted by molar-refractivity contribution is 5.71. The van der Waals surface area contributed by atoms with Crippen LogP contribution in [0.4, 0.5) is 0 Å². The van der Waals surface area contributed by atoms with Gasteiger partial charge in [-0.15, -0.1) is 0 Å². The molecule has 6 heteroatoms. The second-order valence-corrected chi connectivity index (χ2v) is 20.9. The van der Waals surface area contributed by atoms with E-state index in [9.17, 15) is 14.4 Å². The first-order chi connectivity index (χ1) is 40.0. The van der Waals surface area contributed by atoms with Gasteiger partial charge in [0.05, 0.1) is 0 Å². The van der Waals surface area contributed by atoms with Gasteiger partial charge < -0.3 is 14.2 Å². The van der Waals surface area contributed by atoms with Gasteiger partial charge in [-0.05, 0) is 148 Å². The predicted octanol–water partition coefficient (Wildman–Crippen LogP) is 22.7. The maximum absolute atomic E-state index is 12.9. The number of carbonyl (C=O) groups excluding carboxylic acids is 3. The topological polar surface area (TPSA) is 78.9 Å². The molecule has 0 fully saturated rings. The lowest BCUT2D eigenvalue weighted by atomic mass is 10.0. The van der Waals surface area contributed by atoms with Gasteiger partial charge in [0.2, 0.25) is 0 Å². The summed E-state index contributed by atoms with van der Waals surface area (Å²) < 4.78 is 16.9. The highest BCUT2D eigenvalue weighted by atomic mass is 16.6. The second kappa shape index (κ2) is 67.3. The molecular formula is C75H118O6. The Morgan fingerprint density at radius 1 is 0.247 bits per heavy atom. The van der Waals surface area contributed by atoms with Crippen LogP contribution in [0.1, 0.15) is 265 Å². The minimum absolute atomic E-state index is 0.107. The first-order valence-corrected chi connectivity index (χ1v) is 32.6. The van der Waals surface area contributed by atoms with Crippen LogP contribution in [0, 0.1) is 0 Å². The van der Waals surface area contributed by atoms with Crippen molar-refractivity contribution < 1.29 is 28.6 Å². The third kappa shape index (κ3) is 65.5. The quantitative estimate of drug-likeness (QED) is 0.0261. The Morgan fingerprint density at radius 2 is 0.444 bits per heavy atom. The van der Waals surface area contributed by atoms with E-state index >= 15 is 0 Å². The van der Waals surface area contributed by atoms with Crippen molar-refractivity contribution in [3.63, 3.8) is 0 Å². The van der Waals surface area contributed by atoms with Crippen LogP contribution in [0.3, 0.4) is 0 Å². The largest absolute Gasteiger partial charge is 0.462 e. The van der Waals surface area contributed by atoms with Crippen LogP contribution in [-0.2, 0) is 28.6 Å². The van der Waals surface area contributed by atoms with Gasteiger partial charge in [-0.2, -0.15) is 0 Å². The maximum atomic E-state index is 12.9. The molecule has 0 heterocycles. The highest BCUT2D eigenvalue weighted by Crippen LogP contribution is 2.15. The van der Waals surface area contributed by atoms with Gasteiger partial charge in [-0.25, -0.2) is 0 Å². The summed E-state index contributed by atoms with van der Waals surface area (Å²) in [7, 11) is 0. The van der Waals surface area contributed by atoms with Crippen molar-refractivity contribution in [2.75, 3.05) is 13.2 Å². The number of rotatable bonds is 57. The number of carbonyl (C=O) groups is 3. The molecule has 0 saturated heterocycles. The number of allylic oxidation sites excluding steroid dienone is 28. The van der Waals surface area contributed by atoms with Gasteiger partial charge in [0.1, 0.15) is 13.2 Å². The molecule has 0 saturated carbocycles. The zero-order valence-electron chi connectivity index (χ0n) is 52.0. The van der Waals surface area contributed by atoms with Gasteiger partial charge in [0.15, 0.2) is 6.10 Å². The van der Waals surface area contributed by atoms with Crippen LogP contribution >= 0.6 is 0 Å². The van der Waals surface area contributed by atoms with Crippen LogP contribution < -0.4 is 0 Å². The molecule has 0 spiro atoms. The molecule has 1 atom stereocenters. The third-order valence-electron chi connectivity index (χ3n) is 13.2. The molecular weight excluding hydrogens is 997 g/mol. The minimum Gasteiger partial charge on any atom is -0.462 e. The van der Waals surface area contributed by atoms with Gasteiger partial charge >= 0.3 is 17.9 Å². The van der Waals surface area contributed by atoms with E-state index in [4.69, 9.17) is 14.2 Å². The summed E-state index contributed by atoms with van der Waals surface area (Å²) in [6, 6.07) is 0. The standard InChI is InChI=1S/C75H118O6/c1-4-7-10-13-16-19-22-25-27-29-31-33-35-36-37-38-40-41-43-45-47-50-53-56-59-62-65-68-74(77)80-71-72(70-79-73(76)67-64-61-58-55-52-49-24-21-18-15-12-9-6-3)81-75(78)69-66-63-60-57-54-51-48-46-44-42-39-34-32-30-28-26-23-20-17-14-11-8-5-2/h7-12,16-21,25-28,31-34,36-37,40-41,45,47,49,52,72H,4-6,13-15,22-24,29-30,35,38-39,42-44,46,48,50-51,53-71H2,1-3H3/b10-7-,11-8-,12-9-,19-16-,20-17-,21-18-,27-25-,28-26-,33-31-,34-32-,37-36-,41-40-,47-45-,52-49-. The summed E-state index contributed by atoms with van der Waals surface area (Å²) >= 11 is 0. The lowest BCUT2D eigenvalue weighted by Gasteiger charge is -2.18. The Kier molecular flexibility index (Phi) is 62.9. The van der Waals surface area contributed by atoms with Crippen molar-refractivity contribution in [1.82, 2.24) is 0 Å². The number of unbranched alkanes of at least 4 members (excludes halogenated alkanes) is 18. The predicted molar refractivity (Wildman–Crippen MR) is 352 cm³/mol. The van der Waals surface area contributed by atoms with E-state index in [1.807, 2.05) is 0 Å². The first-order valence-electron chi connectivity index (χ1n) is 32.6. The van der Waals surface area contributed by atoms with E-state index in [-0.39, 0.29) is 31.1 Å². The summed E-state index contributed by atoms with van der Waals surface area (Å²) in [4.78, 5) is 38.3. The summed E-state index contributed by atoms with van der Waals surface area (Å²) in [6.07, 6.45) is 99.3. The van der Waals surface area contributed by atoms with Gasteiger partial charge in [0, 0.05) is 19.3 Å². The Hall–Kier alpha value is -5.23. The van der Waals surface area contributed by atoms with Crippen molar-refractivity contribution >= 4 is 17.9 Å². The molecule has 0 bridgehead atoms. The van der Waals surface area contributed by atoms with Gasteiger partial charge in [-0.3, -0.25) is 14.4 Å². The van der Waals surface area contributed by atoms with E-state index in [1.165, 1.54) is 51.4 Å². The fourth-order valence-corrected chi connectivity index (χ4v) is 8.43. The van der Waals surface area contributed by atoms with Gasteiger partial charge in [-0.1, -0.05) is 268 Å². The molecule has 0 N–H and O–H groups in total. The Bertz CT molecular complexity index is 1860. The first kappa shape index (κ1) is 75.8. The van der Waals surface area contributed by atoms with E-state index in [2.05, 4.69) is 191 Å². The molecule has 0 rings (SSSR count). The molecule has 0 amide bonds. The lowest BCUT2D eigenvalue weighted by molar-refractivity contribution is -0.167. The molecule has 0 aliphatic heterocycles. The van der Waals surface area contributed by atoms with E-state index in [0.717, 1.165) is 173 Å². The number of hydrogen-bond acceptors (Lipinski definition) is 6. The lowest BCUT2D eigenvalue weighted by Crippen LogP contribution is -2.30. The molecule has 0 aromatic carbocycles.